The molecule has 1 aliphatic rings. The molecule has 2 unspecified atom stereocenters. The van der Waals surface area contributed by atoms with E-state index in [0.717, 1.165) is 24.8 Å². The zero-order valence-electron chi connectivity index (χ0n) is 12.7. The molecule has 1 aromatic rings. The van der Waals surface area contributed by atoms with Crippen molar-refractivity contribution in [2.24, 2.45) is 0 Å². The van der Waals surface area contributed by atoms with Gasteiger partial charge in [-0.2, -0.15) is 0 Å². The number of ether oxygens (including phenoxy) is 2. The first-order chi connectivity index (χ1) is 9.63. The lowest BCUT2D eigenvalue weighted by Crippen LogP contribution is -2.47. The van der Waals surface area contributed by atoms with Crippen LogP contribution >= 0.6 is 0 Å². The Balaban J connectivity index is 2.24. The van der Waals surface area contributed by atoms with Crippen LogP contribution in [-0.2, 0) is 16.1 Å². The molecule has 1 N–H and O–H groups in total. The first kappa shape index (κ1) is 15.0. The maximum absolute atomic E-state index is 5.67. The van der Waals surface area contributed by atoms with Gasteiger partial charge in [0.25, 0.3) is 0 Å². The number of nitrogens with one attached hydrogen (secondary N) is 1. The van der Waals surface area contributed by atoms with Crippen molar-refractivity contribution < 1.29 is 9.47 Å². The van der Waals surface area contributed by atoms with Crippen LogP contribution in [0.4, 0.5) is 11.6 Å². The predicted octanol–water partition coefficient (Wildman–Crippen LogP) is 1.67. The number of anilines is 2. The second-order valence-corrected chi connectivity index (χ2v) is 5.06. The molecule has 6 heteroatoms. The number of hydrogen-bond acceptors (Lipinski definition) is 6. The van der Waals surface area contributed by atoms with Gasteiger partial charge in [-0.15, -0.1) is 0 Å². The zero-order valence-corrected chi connectivity index (χ0v) is 12.7. The maximum atomic E-state index is 5.67. The van der Waals surface area contributed by atoms with E-state index in [1.807, 2.05) is 20.0 Å². The van der Waals surface area contributed by atoms with Crippen molar-refractivity contribution in [3.8, 4) is 0 Å². The number of morpholine rings is 1. The highest BCUT2D eigenvalue weighted by Gasteiger charge is 2.25. The molecule has 0 amide bonds. The van der Waals surface area contributed by atoms with Crippen LogP contribution in [0, 0.1) is 0 Å². The Hall–Kier alpha value is -1.40. The molecule has 1 aliphatic heterocycles. The number of nitrogens with zero attached hydrogens (tertiary/aromatic N) is 3. The molecule has 6 nitrogen and oxygen atoms in total. The van der Waals surface area contributed by atoms with Crippen molar-refractivity contribution >= 4 is 11.6 Å². The van der Waals surface area contributed by atoms with Crippen LogP contribution in [0.5, 0.6) is 0 Å². The molecular formula is C14H24N4O2. The van der Waals surface area contributed by atoms with Crippen LogP contribution in [0.3, 0.4) is 0 Å². The Labute approximate surface area is 120 Å². The molecule has 0 aromatic carbocycles. The van der Waals surface area contributed by atoms with Gasteiger partial charge in [0, 0.05) is 26.3 Å². The number of hydrogen-bond donors (Lipinski definition) is 1. The summed E-state index contributed by atoms with van der Waals surface area (Å²) in [7, 11) is 1.86. The highest BCUT2D eigenvalue weighted by atomic mass is 16.5. The molecule has 0 bridgehead atoms. The van der Waals surface area contributed by atoms with Crippen molar-refractivity contribution in [1.29, 1.82) is 0 Å². The Kier molecular flexibility index (Phi) is 5.14. The minimum absolute atomic E-state index is 0.217. The summed E-state index contributed by atoms with van der Waals surface area (Å²) < 4.78 is 11.1. The van der Waals surface area contributed by atoms with Crippen molar-refractivity contribution in [2.45, 2.75) is 39.5 Å². The fraction of sp³-hybridized carbons (Fsp3) is 0.714. The quantitative estimate of drug-likeness (QED) is 0.885. The second-order valence-electron chi connectivity index (χ2n) is 5.06. The molecule has 1 saturated heterocycles. The van der Waals surface area contributed by atoms with Crippen molar-refractivity contribution in [3.05, 3.63) is 11.9 Å². The largest absolute Gasteiger partial charge is 0.375 e. The average molecular weight is 280 g/mol. The zero-order chi connectivity index (χ0) is 14.5. The molecule has 0 spiro atoms. The third-order valence-electron chi connectivity index (χ3n) is 3.35. The van der Waals surface area contributed by atoms with Crippen LogP contribution in [0.2, 0.25) is 0 Å². The Morgan fingerprint density at radius 2 is 2.25 bits per heavy atom. The van der Waals surface area contributed by atoms with E-state index in [4.69, 9.17) is 9.47 Å². The summed E-state index contributed by atoms with van der Waals surface area (Å²) in [5.74, 6) is 2.46. The lowest BCUT2D eigenvalue weighted by Gasteiger charge is -2.37. The van der Waals surface area contributed by atoms with Crippen LogP contribution < -0.4 is 10.2 Å². The van der Waals surface area contributed by atoms with Gasteiger partial charge in [0.15, 0.2) is 5.82 Å². The molecule has 2 heterocycles. The van der Waals surface area contributed by atoms with Gasteiger partial charge < -0.3 is 19.7 Å². The van der Waals surface area contributed by atoms with Gasteiger partial charge in [0.1, 0.15) is 18.2 Å². The van der Waals surface area contributed by atoms with E-state index >= 15 is 0 Å². The Bertz CT molecular complexity index is 441. The highest BCUT2D eigenvalue weighted by Crippen LogP contribution is 2.22. The van der Waals surface area contributed by atoms with Crippen LogP contribution in [0.25, 0.3) is 0 Å². The molecule has 20 heavy (non-hydrogen) atoms. The minimum atomic E-state index is 0.217. The van der Waals surface area contributed by atoms with Gasteiger partial charge in [-0.25, -0.2) is 9.97 Å². The lowest BCUT2D eigenvalue weighted by atomic mass is 10.2. The summed E-state index contributed by atoms with van der Waals surface area (Å²) in [6, 6.07) is 2.29. The smallest absolute Gasteiger partial charge is 0.158 e. The fourth-order valence-corrected chi connectivity index (χ4v) is 2.24. The second kappa shape index (κ2) is 6.85. The van der Waals surface area contributed by atoms with Gasteiger partial charge >= 0.3 is 0 Å². The van der Waals surface area contributed by atoms with Crippen molar-refractivity contribution in [3.63, 3.8) is 0 Å². The van der Waals surface area contributed by atoms with Crippen molar-refractivity contribution in [1.82, 2.24) is 9.97 Å². The van der Waals surface area contributed by atoms with E-state index in [1.54, 1.807) is 0 Å². The first-order valence-corrected chi connectivity index (χ1v) is 7.15. The highest BCUT2D eigenvalue weighted by molar-refractivity contribution is 5.50. The molecule has 0 saturated carbocycles. The third-order valence-corrected chi connectivity index (χ3v) is 3.35. The van der Waals surface area contributed by atoms with E-state index in [0.29, 0.717) is 25.1 Å². The summed E-state index contributed by atoms with van der Waals surface area (Å²) in [6.45, 7) is 8.86. The van der Waals surface area contributed by atoms with Gasteiger partial charge in [-0.05, 0) is 20.8 Å². The third kappa shape index (κ3) is 3.58. The first-order valence-electron chi connectivity index (χ1n) is 7.15. The predicted molar refractivity (Wildman–Crippen MR) is 79.1 cm³/mol. The standard InChI is InChI=1S/C14H24N4O2/c1-5-19-9-13-16-12(15-4)6-14(17-13)18-7-11(3)20-8-10(18)2/h6,10-11H,5,7-9H2,1-4H3,(H,15,16,17). The molecule has 1 aromatic heterocycles. The number of rotatable bonds is 5. The van der Waals surface area contributed by atoms with Gasteiger partial charge in [0.2, 0.25) is 0 Å². The summed E-state index contributed by atoms with van der Waals surface area (Å²) in [5.41, 5.74) is 0. The Morgan fingerprint density at radius 1 is 1.45 bits per heavy atom. The topological polar surface area (TPSA) is 59.5 Å². The van der Waals surface area contributed by atoms with Crippen molar-refractivity contribution in [2.75, 3.05) is 37.0 Å². The molecular weight excluding hydrogens is 256 g/mol. The normalized spacial score (nSPS) is 22.9. The summed E-state index contributed by atoms with van der Waals surface area (Å²) >= 11 is 0. The molecule has 0 aliphatic carbocycles. The van der Waals surface area contributed by atoms with E-state index in [1.165, 1.54) is 0 Å². The molecule has 112 valence electrons. The maximum Gasteiger partial charge on any atom is 0.158 e. The van der Waals surface area contributed by atoms with Crippen LogP contribution in [-0.4, -0.2) is 48.9 Å². The molecule has 2 rings (SSSR count). The summed E-state index contributed by atoms with van der Waals surface area (Å²) in [5, 5.41) is 3.08. The summed E-state index contributed by atoms with van der Waals surface area (Å²) in [4.78, 5) is 11.3. The average Bonchev–Trinajstić information content (AvgIpc) is 2.47. The van der Waals surface area contributed by atoms with E-state index in [9.17, 15) is 0 Å². The lowest BCUT2D eigenvalue weighted by molar-refractivity contribution is 0.0340. The number of aromatic nitrogens is 2. The van der Waals surface area contributed by atoms with Gasteiger partial charge in [-0.3, -0.25) is 0 Å². The van der Waals surface area contributed by atoms with Crippen LogP contribution in [0.1, 0.15) is 26.6 Å². The minimum Gasteiger partial charge on any atom is -0.375 e. The van der Waals surface area contributed by atoms with Gasteiger partial charge in [0.05, 0.1) is 18.8 Å². The monoisotopic (exact) mass is 280 g/mol. The van der Waals surface area contributed by atoms with Crippen LogP contribution in [0.15, 0.2) is 6.07 Å². The molecule has 1 fully saturated rings. The van der Waals surface area contributed by atoms with E-state index in [2.05, 4.69) is 34.0 Å². The van der Waals surface area contributed by atoms with E-state index < -0.39 is 0 Å². The SMILES string of the molecule is CCOCc1nc(NC)cc(N2CC(C)OCC2C)n1. The summed E-state index contributed by atoms with van der Waals surface area (Å²) in [6.07, 6.45) is 0.217. The fourth-order valence-electron chi connectivity index (χ4n) is 2.24. The molecule has 0 radical (unpaired) electrons. The Morgan fingerprint density at radius 3 is 2.95 bits per heavy atom. The van der Waals surface area contributed by atoms with E-state index in [-0.39, 0.29) is 6.10 Å². The van der Waals surface area contributed by atoms with Gasteiger partial charge in [-0.1, -0.05) is 0 Å². The molecule has 2 atom stereocenters.